The molecule has 5 nitrogen and oxygen atoms in total. The lowest BCUT2D eigenvalue weighted by atomic mass is 10.1. The Labute approximate surface area is 98.8 Å². The summed E-state index contributed by atoms with van der Waals surface area (Å²) in [6.45, 7) is 8.08. The third-order valence-electron chi connectivity index (χ3n) is 1.90. The highest BCUT2D eigenvalue weighted by Gasteiger charge is 2.14. The Hall–Kier alpha value is 0.0700. The first-order chi connectivity index (χ1) is 7.31. The van der Waals surface area contributed by atoms with Crippen LogP contribution in [-0.4, -0.2) is 12.5 Å². The van der Waals surface area contributed by atoms with Crippen molar-refractivity contribution < 1.29 is 13.6 Å². The smallest absolute Gasteiger partial charge is 0.306 e. The molecule has 2 atom stereocenters. The van der Waals surface area contributed by atoms with Crippen LogP contribution in [0, 0.1) is 11.8 Å². The molecule has 0 aliphatic rings. The van der Waals surface area contributed by atoms with Crippen molar-refractivity contribution in [3.8, 4) is 0 Å². The summed E-state index contributed by atoms with van der Waals surface area (Å²) in [7, 11) is -2.58. The predicted molar refractivity (Wildman–Crippen MR) is 66.0 cm³/mol. The average molecular weight is 252 g/mol. The van der Waals surface area contributed by atoms with E-state index in [9.17, 15) is 4.57 Å². The second-order valence-corrected chi connectivity index (χ2v) is 5.79. The van der Waals surface area contributed by atoms with Crippen molar-refractivity contribution >= 4 is 8.25 Å². The van der Waals surface area contributed by atoms with Crippen molar-refractivity contribution in [2.45, 2.75) is 53.0 Å². The van der Waals surface area contributed by atoms with Gasteiger partial charge in [0.25, 0.3) is 0 Å². The molecule has 0 saturated carbocycles. The number of nitrogens with two attached hydrogens (primary N) is 2. The molecule has 0 bridgehead atoms. The predicted octanol–water partition coefficient (Wildman–Crippen LogP) is 2.07. The van der Waals surface area contributed by atoms with Gasteiger partial charge in [-0.1, -0.05) is 27.7 Å². The van der Waals surface area contributed by atoms with E-state index >= 15 is 0 Å². The van der Waals surface area contributed by atoms with Crippen LogP contribution in [0.2, 0.25) is 0 Å². The summed E-state index contributed by atoms with van der Waals surface area (Å²) in [5.41, 5.74) is 11.3. The summed E-state index contributed by atoms with van der Waals surface area (Å²) < 4.78 is 21.5. The molecule has 0 radical (unpaired) electrons. The van der Waals surface area contributed by atoms with Crippen molar-refractivity contribution in [2.75, 3.05) is 0 Å². The molecule has 0 saturated heterocycles. The highest BCUT2D eigenvalue weighted by Crippen LogP contribution is 2.28. The number of hydrogen-bond acceptors (Lipinski definition) is 5. The fourth-order valence-electron chi connectivity index (χ4n) is 1.30. The minimum Gasteiger partial charge on any atom is -0.306 e. The molecular weight excluding hydrogens is 227 g/mol. The Morgan fingerprint density at radius 2 is 1.25 bits per heavy atom. The topological polar surface area (TPSA) is 87.6 Å². The van der Waals surface area contributed by atoms with Gasteiger partial charge in [-0.15, -0.1) is 0 Å². The van der Waals surface area contributed by atoms with E-state index in [4.69, 9.17) is 20.5 Å². The largest absolute Gasteiger partial charge is 0.322 e. The van der Waals surface area contributed by atoms with Crippen LogP contribution < -0.4 is 11.5 Å². The minimum atomic E-state index is -2.58. The van der Waals surface area contributed by atoms with E-state index in [2.05, 4.69) is 0 Å². The Balaban J connectivity index is 3.80. The Morgan fingerprint density at radius 3 is 1.50 bits per heavy atom. The summed E-state index contributed by atoms with van der Waals surface area (Å²) in [6, 6.07) is 0. The lowest BCUT2D eigenvalue weighted by Gasteiger charge is -2.18. The van der Waals surface area contributed by atoms with Crippen LogP contribution in [0.25, 0.3) is 0 Å². The maximum absolute atomic E-state index is 11.4. The first-order valence-corrected chi connectivity index (χ1v) is 6.92. The zero-order chi connectivity index (χ0) is 12.7. The lowest BCUT2D eigenvalue weighted by Crippen LogP contribution is -2.26. The monoisotopic (exact) mass is 252 g/mol. The first kappa shape index (κ1) is 16.1. The first-order valence-electron chi connectivity index (χ1n) is 5.69. The van der Waals surface area contributed by atoms with Gasteiger partial charge in [0.05, 0.1) is 0 Å². The van der Waals surface area contributed by atoms with Gasteiger partial charge in [-0.3, -0.25) is 13.6 Å². The quantitative estimate of drug-likeness (QED) is 0.510. The molecule has 0 heterocycles. The fraction of sp³-hybridized carbons (Fsp3) is 1.00. The van der Waals surface area contributed by atoms with Crippen LogP contribution in [0.4, 0.5) is 0 Å². The molecule has 0 aliphatic heterocycles. The van der Waals surface area contributed by atoms with Crippen molar-refractivity contribution in [3.63, 3.8) is 0 Å². The third-order valence-corrected chi connectivity index (χ3v) is 2.89. The molecule has 0 aromatic heterocycles. The minimum absolute atomic E-state index is 0.397. The second-order valence-electron chi connectivity index (χ2n) is 4.82. The van der Waals surface area contributed by atoms with Gasteiger partial charge in [-0.05, 0) is 24.7 Å². The molecule has 98 valence electrons. The van der Waals surface area contributed by atoms with Crippen LogP contribution in [0.1, 0.15) is 40.5 Å². The molecule has 0 unspecified atom stereocenters. The molecule has 0 rings (SSSR count). The van der Waals surface area contributed by atoms with Gasteiger partial charge < -0.3 is 11.5 Å². The van der Waals surface area contributed by atoms with Crippen LogP contribution in [0.15, 0.2) is 0 Å². The van der Waals surface area contributed by atoms with Crippen LogP contribution in [0.5, 0.6) is 0 Å². The molecule has 0 aromatic carbocycles. The molecule has 0 fully saturated rings. The van der Waals surface area contributed by atoms with E-state index in [1.54, 1.807) is 0 Å². The maximum Gasteiger partial charge on any atom is 0.322 e. The fourth-order valence-corrected chi connectivity index (χ4v) is 2.04. The highest BCUT2D eigenvalue weighted by molar-refractivity contribution is 7.33. The SMILES string of the molecule is CC(C)C[C@H](N)O[PH](=O)O[C@@H](N)CC(C)C. The second kappa shape index (κ2) is 8.20. The molecule has 4 N–H and O–H groups in total. The van der Waals surface area contributed by atoms with Crippen LogP contribution in [-0.2, 0) is 13.6 Å². The van der Waals surface area contributed by atoms with Gasteiger partial charge in [0, 0.05) is 0 Å². The summed E-state index contributed by atoms with van der Waals surface area (Å²) in [6.07, 6.45) is 0.216. The Kier molecular flexibility index (Phi) is 8.24. The van der Waals surface area contributed by atoms with Crippen LogP contribution >= 0.6 is 8.25 Å². The normalized spacial score (nSPS) is 16.1. The molecule has 0 spiro atoms. The Morgan fingerprint density at radius 1 is 0.938 bits per heavy atom. The van der Waals surface area contributed by atoms with Gasteiger partial charge in [-0.2, -0.15) is 0 Å². The maximum atomic E-state index is 11.4. The number of hydrogen-bond donors (Lipinski definition) is 2. The molecule has 0 aliphatic carbocycles. The van der Waals surface area contributed by atoms with Gasteiger partial charge in [0.2, 0.25) is 0 Å². The summed E-state index contributed by atoms with van der Waals surface area (Å²) in [5, 5.41) is 0. The highest BCUT2D eigenvalue weighted by atomic mass is 31.1. The average Bonchev–Trinajstić information content (AvgIpc) is 1.97. The van der Waals surface area contributed by atoms with Gasteiger partial charge in [-0.25, -0.2) is 0 Å². The molecule has 0 aromatic rings. The van der Waals surface area contributed by atoms with Crippen molar-refractivity contribution in [3.05, 3.63) is 0 Å². The van der Waals surface area contributed by atoms with E-state index in [0.29, 0.717) is 24.7 Å². The van der Waals surface area contributed by atoms with Crippen molar-refractivity contribution in [1.29, 1.82) is 0 Å². The van der Waals surface area contributed by atoms with E-state index in [1.807, 2.05) is 27.7 Å². The zero-order valence-corrected chi connectivity index (χ0v) is 11.6. The van der Waals surface area contributed by atoms with E-state index < -0.39 is 20.7 Å². The summed E-state index contributed by atoms with van der Waals surface area (Å²) in [4.78, 5) is 0. The standard InChI is InChI=1S/C10H25N2O3P/c1-7(2)5-9(11)14-16(13)15-10(12)6-8(3)4/h7-10,16H,5-6,11-12H2,1-4H3/t9-,10-/m1/s1. The molecule has 0 amide bonds. The van der Waals surface area contributed by atoms with Crippen LogP contribution in [0.3, 0.4) is 0 Å². The molecule has 6 heteroatoms. The lowest BCUT2D eigenvalue weighted by molar-refractivity contribution is 0.114. The molecular formula is C10H25N2O3P. The van der Waals surface area contributed by atoms with E-state index in [1.165, 1.54) is 0 Å². The van der Waals surface area contributed by atoms with Gasteiger partial charge >= 0.3 is 8.25 Å². The number of rotatable bonds is 8. The van der Waals surface area contributed by atoms with E-state index in [-0.39, 0.29) is 0 Å². The van der Waals surface area contributed by atoms with Gasteiger partial charge in [0.1, 0.15) is 12.5 Å². The molecule has 16 heavy (non-hydrogen) atoms. The summed E-state index contributed by atoms with van der Waals surface area (Å²) >= 11 is 0. The van der Waals surface area contributed by atoms with E-state index in [0.717, 1.165) is 0 Å². The third kappa shape index (κ3) is 9.31. The van der Waals surface area contributed by atoms with Gasteiger partial charge in [0.15, 0.2) is 0 Å². The Bertz CT molecular complexity index is 192. The van der Waals surface area contributed by atoms with Crippen molar-refractivity contribution in [1.82, 2.24) is 0 Å². The van der Waals surface area contributed by atoms with Crippen molar-refractivity contribution in [2.24, 2.45) is 23.3 Å². The zero-order valence-electron chi connectivity index (χ0n) is 10.6. The summed E-state index contributed by atoms with van der Waals surface area (Å²) in [5.74, 6) is 0.795.